The first-order valence-electron chi connectivity index (χ1n) is 8.29. The predicted molar refractivity (Wildman–Crippen MR) is 83.9 cm³/mol. The lowest BCUT2D eigenvalue weighted by Gasteiger charge is -2.45. The maximum absolute atomic E-state index is 6.24. The van der Waals surface area contributed by atoms with Crippen LogP contribution in [0.3, 0.4) is 0 Å². The lowest BCUT2D eigenvalue weighted by Crippen LogP contribution is -2.57. The average molecular weight is 283 g/mol. The van der Waals surface area contributed by atoms with Gasteiger partial charge in [0.05, 0.1) is 6.10 Å². The molecule has 4 nitrogen and oxygen atoms in total. The van der Waals surface area contributed by atoms with Gasteiger partial charge in [-0.25, -0.2) is 0 Å². The first-order chi connectivity index (χ1) is 9.50. The van der Waals surface area contributed by atoms with E-state index in [1.807, 2.05) is 0 Å². The number of hydrogen-bond donors (Lipinski definition) is 1. The molecule has 0 aliphatic carbocycles. The van der Waals surface area contributed by atoms with Gasteiger partial charge in [0.2, 0.25) is 0 Å². The summed E-state index contributed by atoms with van der Waals surface area (Å²) in [6, 6.07) is 1.17. The minimum absolute atomic E-state index is 0.163. The third-order valence-corrected chi connectivity index (χ3v) is 5.64. The Hall–Kier alpha value is -0.160. The zero-order chi connectivity index (χ0) is 14.8. The van der Waals surface area contributed by atoms with E-state index in [0.717, 1.165) is 19.6 Å². The molecule has 2 saturated heterocycles. The van der Waals surface area contributed by atoms with Crippen molar-refractivity contribution in [2.75, 3.05) is 33.3 Å². The van der Waals surface area contributed by atoms with Crippen LogP contribution in [0.15, 0.2) is 0 Å². The molecular formula is C16H33N3O. The minimum atomic E-state index is 0.163. The summed E-state index contributed by atoms with van der Waals surface area (Å²) in [6.07, 6.45) is 5.14. The van der Waals surface area contributed by atoms with Gasteiger partial charge in [0.25, 0.3) is 0 Å². The number of nitrogens with two attached hydrogens (primary N) is 1. The van der Waals surface area contributed by atoms with Crippen LogP contribution in [0.1, 0.15) is 46.5 Å². The highest BCUT2D eigenvalue weighted by molar-refractivity contribution is 4.98. The second-order valence-electron chi connectivity index (χ2n) is 6.95. The molecule has 2 aliphatic heterocycles. The third-order valence-electron chi connectivity index (χ3n) is 5.64. The van der Waals surface area contributed by atoms with Crippen LogP contribution in [0.4, 0.5) is 0 Å². The van der Waals surface area contributed by atoms with Gasteiger partial charge in [0.1, 0.15) is 0 Å². The zero-order valence-corrected chi connectivity index (χ0v) is 13.8. The summed E-state index contributed by atoms with van der Waals surface area (Å²) in [6.45, 7) is 10.8. The molecule has 2 N–H and O–H groups in total. The summed E-state index contributed by atoms with van der Waals surface area (Å²) >= 11 is 0. The number of ether oxygens (including phenoxy) is 1. The number of likely N-dealkylation sites (N-methyl/N-ethyl adjacent to an activating group) is 1. The van der Waals surface area contributed by atoms with Gasteiger partial charge in [-0.05, 0) is 60.0 Å². The Labute approximate surface area is 124 Å². The van der Waals surface area contributed by atoms with Crippen LogP contribution in [-0.2, 0) is 4.74 Å². The molecule has 20 heavy (non-hydrogen) atoms. The van der Waals surface area contributed by atoms with Gasteiger partial charge in [0, 0.05) is 37.3 Å². The first kappa shape index (κ1) is 16.2. The monoisotopic (exact) mass is 283 g/mol. The molecular weight excluding hydrogens is 250 g/mol. The summed E-state index contributed by atoms with van der Waals surface area (Å²) in [7, 11) is 2.27. The predicted octanol–water partition coefficient (Wildman–Crippen LogP) is 1.69. The fraction of sp³-hybridized carbons (Fsp3) is 1.00. The van der Waals surface area contributed by atoms with Crippen molar-refractivity contribution in [3.05, 3.63) is 0 Å². The van der Waals surface area contributed by atoms with E-state index in [-0.39, 0.29) is 5.54 Å². The molecule has 118 valence electrons. The van der Waals surface area contributed by atoms with Crippen LogP contribution in [0.5, 0.6) is 0 Å². The van der Waals surface area contributed by atoms with Crippen LogP contribution in [0, 0.1) is 0 Å². The second kappa shape index (κ2) is 6.73. The van der Waals surface area contributed by atoms with Gasteiger partial charge in [-0.3, -0.25) is 4.90 Å². The normalized spacial score (nSPS) is 36.8. The summed E-state index contributed by atoms with van der Waals surface area (Å²) in [5, 5.41) is 0. The second-order valence-corrected chi connectivity index (χ2v) is 6.95. The Bertz CT molecular complexity index is 310. The SMILES string of the molecule is CC1OCCC1N(C)C1(CN)CCCN(C(C)C)CC1. The topological polar surface area (TPSA) is 41.7 Å². The van der Waals surface area contributed by atoms with E-state index in [1.54, 1.807) is 0 Å². The highest BCUT2D eigenvalue weighted by Gasteiger charge is 2.41. The van der Waals surface area contributed by atoms with E-state index < -0.39 is 0 Å². The number of hydrogen-bond acceptors (Lipinski definition) is 4. The third kappa shape index (κ3) is 3.19. The molecule has 4 heteroatoms. The number of rotatable bonds is 4. The Balaban J connectivity index is 2.08. The molecule has 0 aromatic carbocycles. The molecule has 0 spiro atoms. The maximum atomic E-state index is 6.24. The average Bonchev–Trinajstić information content (AvgIpc) is 2.73. The van der Waals surface area contributed by atoms with E-state index in [0.29, 0.717) is 18.2 Å². The van der Waals surface area contributed by atoms with Crippen molar-refractivity contribution in [1.82, 2.24) is 9.80 Å². The van der Waals surface area contributed by atoms with E-state index in [9.17, 15) is 0 Å². The fourth-order valence-electron chi connectivity index (χ4n) is 4.00. The summed E-state index contributed by atoms with van der Waals surface area (Å²) in [5.41, 5.74) is 6.41. The first-order valence-corrected chi connectivity index (χ1v) is 8.29. The molecule has 2 aliphatic rings. The molecule has 3 atom stereocenters. The minimum Gasteiger partial charge on any atom is -0.377 e. The molecule has 3 unspecified atom stereocenters. The van der Waals surface area contributed by atoms with Crippen molar-refractivity contribution < 1.29 is 4.74 Å². The van der Waals surface area contributed by atoms with Crippen molar-refractivity contribution >= 4 is 0 Å². The lowest BCUT2D eigenvalue weighted by molar-refractivity contribution is 0.0201. The van der Waals surface area contributed by atoms with E-state index >= 15 is 0 Å². The quantitative estimate of drug-likeness (QED) is 0.852. The van der Waals surface area contributed by atoms with Crippen molar-refractivity contribution in [2.24, 2.45) is 5.73 Å². The molecule has 2 rings (SSSR count). The van der Waals surface area contributed by atoms with Crippen LogP contribution in [0.2, 0.25) is 0 Å². The van der Waals surface area contributed by atoms with Crippen LogP contribution < -0.4 is 5.73 Å². The van der Waals surface area contributed by atoms with Gasteiger partial charge in [0.15, 0.2) is 0 Å². The maximum Gasteiger partial charge on any atom is 0.0703 e. The Kier molecular flexibility index (Phi) is 5.46. The highest BCUT2D eigenvalue weighted by atomic mass is 16.5. The fourth-order valence-corrected chi connectivity index (χ4v) is 4.00. The van der Waals surface area contributed by atoms with E-state index in [4.69, 9.17) is 10.5 Å². The largest absolute Gasteiger partial charge is 0.377 e. The van der Waals surface area contributed by atoms with E-state index in [2.05, 4.69) is 37.6 Å². The zero-order valence-electron chi connectivity index (χ0n) is 13.8. The van der Waals surface area contributed by atoms with Gasteiger partial charge >= 0.3 is 0 Å². The molecule has 0 saturated carbocycles. The number of nitrogens with zero attached hydrogens (tertiary/aromatic N) is 2. The Morgan fingerprint density at radius 2 is 2.10 bits per heavy atom. The number of likely N-dealkylation sites (tertiary alicyclic amines) is 1. The molecule has 0 aromatic rings. The Morgan fingerprint density at radius 3 is 2.65 bits per heavy atom. The standard InChI is InChI=1S/C16H33N3O/c1-13(2)19-9-5-7-16(12-17,8-10-19)18(4)15-6-11-20-14(15)3/h13-15H,5-12,17H2,1-4H3. The van der Waals surface area contributed by atoms with Crippen molar-refractivity contribution in [2.45, 2.75) is 70.2 Å². The Morgan fingerprint density at radius 1 is 1.35 bits per heavy atom. The van der Waals surface area contributed by atoms with Gasteiger partial charge in [-0.15, -0.1) is 0 Å². The van der Waals surface area contributed by atoms with Crippen molar-refractivity contribution in [1.29, 1.82) is 0 Å². The summed E-state index contributed by atoms with van der Waals surface area (Å²) in [5.74, 6) is 0. The van der Waals surface area contributed by atoms with Crippen molar-refractivity contribution in [3.8, 4) is 0 Å². The highest BCUT2D eigenvalue weighted by Crippen LogP contribution is 2.33. The molecule has 0 amide bonds. The van der Waals surface area contributed by atoms with Gasteiger partial charge in [-0.1, -0.05) is 0 Å². The lowest BCUT2D eigenvalue weighted by atomic mass is 9.86. The van der Waals surface area contributed by atoms with Crippen LogP contribution in [0.25, 0.3) is 0 Å². The van der Waals surface area contributed by atoms with Gasteiger partial charge < -0.3 is 15.4 Å². The van der Waals surface area contributed by atoms with Gasteiger partial charge in [-0.2, -0.15) is 0 Å². The summed E-state index contributed by atoms with van der Waals surface area (Å²) in [4.78, 5) is 5.16. The molecule has 0 bridgehead atoms. The smallest absolute Gasteiger partial charge is 0.0703 e. The molecule has 0 radical (unpaired) electrons. The molecule has 0 aromatic heterocycles. The van der Waals surface area contributed by atoms with Crippen LogP contribution >= 0.6 is 0 Å². The molecule has 2 fully saturated rings. The van der Waals surface area contributed by atoms with E-state index in [1.165, 1.54) is 32.4 Å². The molecule has 2 heterocycles. The van der Waals surface area contributed by atoms with Crippen molar-refractivity contribution in [3.63, 3.8) is 0 Å². The van der Waals surface area contributed by atoms with Crippen LogP contribution in [-0.4, -0.2) is 66.8 Å². The summed E-state index contributed by atoms with van der Waals surface area (Å²) < 4.78 is 5.76.